The summed E-state index contributed by atoms with van der Waals surface area (Å²) in [5.74, 6) is -0.357. The molecule has 4 heteroatoms. The van der Waals surface area contributed by atoms with Gasteiger partial charge in [-0.3, -0.25) is 0 Å². The highest BCUT2D eigenvalue weighted by Crippen LogP contribution is 2.48. The molecule has 5 atom stereocenters. The number of rotatable bonds is 3. The van der Waals surface area contributed by atoms with Crippen LogP contribution in [0.3, 0.4) is 0 Å². The topological polar surface area (TPSA) is 62.5 Å². The maximum Gasteiger partial charge on any atom is 0.163 e. The molecule has 1 saturated carbocycles. The Hall–Kier alpha value is -0.630. The van der Waals surface area contributed by atoms with Gasteiger partial charge in [0.1, 0.15) is 0 Å². The molecule has 0 amide bonds. The minimum Gasteiger partial charge on any atom is -0.395 e. The lowest BCUT2D eigenvalue weighted by atomic mass is 9.90. The summed E-state index contributed by atoms with van der Waals surface area (Å²) in [6, 6.07) is 2.19. The zero-order chi connectivity index (χ0) is 12.6. The van der Waals surface area contributed by atoms with Crippen LogP contribution in [0.4, 0.5) is 0 Å². The van der Waals surface area contributed by atoms with Gasteiger partial charge in [0.15, 0.2) is 5.79 Å². The molecule has 2 aliphatic rings. The number of aliphatic hydroxyl groups excluding tert-OH is 1. The number of nitrogens with zero attached hydrogens (tertiary/aromatic N) is 1. The van der Waals surface area contributed by atoms with Crippen LogP contribution in [0.25, 0.3) is 0 Å². The van der Waals surface area contributed by atoms with E-state index in [4.69, 9.17) is 14.7 Å². The van der Waals surface area contributed by atoms with Gasteiger partial charge in [-0.25, -0.2) is 0 Å². The van der Waals surface area contributed by atoms with Crippen LogP contribution in [0.5, 0.6) is 0 Å². The van der Waals surface area contributed by atoms with Crippen LogP contribution >= 0.6 is 0 Å². The van der Waals surface area contributed by atoms with E-state index in [1.54, 1.807) is 0 Å². The molecule has 1 heterocycles. The first-order valence-corrected chi connectivity index (χ1v) is 6.38. The molecule has 0 aromatic carbocycles. The van der Waals surface area contributed by atoms with Crippen molar-refractivity contribution >= 4 is 0 Å². The van der Waals surface area contributed by atoms with Gasteiger partial charge in [0.25, 0.3) is 0 Å². The van der Waals surface area contributed by atoms with E-state index in [-0.39, 0.29) is 30.7 Å². The predicted molar refractivity (Wildman–Crippen MR) is 61.9 cm³/mol. The van der Waals surface area contributed by atoms with Crippen molar-refractivity contribution in [3.05, 3.63) is 0 Å². The zero-order valence-electron chi connectivity index (χ0n) is 10.7. The second-order valence-corrected chi connectivity index (χ2v) is 5.55. The quantitative estimate of drug-likeness (QED) is 0.814. The number of hydrogen-bond acceptors (Lipinski definition) is 4. The molecule has 0 bridgehead atoms. The van der Waals surface area contributed by atoms with E-state index in [9.17, 15) is 5.11 Å². The molecule has 2 unspecified atom stereocenters. The molecule has 2 rings (SSSR count). The van der Waals surface area contributed by atoms with Crippen LogP contribution in [-0.2, 0) is 9.47 Å². The normalized spacial score (nSPS) is 40.9. The van der Waals surface area contributed by atoms with E-state index in [1.165, 1.54) is 0 Å². The van der Waals surface area contributed by atoms with Crippen molar-refractivity contribution in [2.45, 2.75) is 51.6 Å². The Morgan fingerprint density at radius 2 is 2.06 bits per heavy atom. The zero-order valence-corrected chi connectivity index (χ0v) is 10.7. The number of ether oxygens (including phenoxy) is 2. The lowest BCUT2D eigenvalue weighted by Crippen LogP contribution is -2.30. The molecule has 0 spiro atoms. The Balaban J connectivity index is 2.18. The van der Waals surface area contributed by atoms with Crippen molar-refractivity contribution in [2.75, 3.05) is 6.61 Å². The van der Waals surface area contributed by atoms with Gasteiger partial charge in [-0.1, -0.05) is 13.3 Å². The fourth-order valence-corrected chi connectivity index (χ4v) is 3.19. The molecule has 17 heavy (non-hydrogen) atoms. The van der Waals surface area contributed by atoms with E-state index < -0.39 is 5.79 Å². The fraction of sp³-hybridized carbons (Fsp3) is 0.923. The summed E-state index contributed by atoms with van der Waals surface area (Å²) in [5.41, 5.74) is 0. The predicted octanol–water partition coefficient (Wildman–Crippen LogP) is 1.68. The lowest BCUT2D eigenvalue weighted by molar-refractivity contribution is -0.163. The molecule has 1 N–H and O–H groups in total. The summed E-state index contributed by atoms with van der Waals surface area (Å²) in [4.78, 5) is 0. The Morgan fingerprint density at radius 1 is 1.41 bits per heavy atom. The maximum atomic E-state index is 9.28. The number of aliphatic hydroxyl groups is 1. The van der Waals surface area contributed by atoms with E-state index in [0.29, 0.717) is 5.92 Å². The third kappa shape index (κ3) is 2.20. The highest BCUT2D eigenvalue weighted by molar-refractivity contribution is 5.03. The number of hydrogen-bond donors (Lipinski definition) is 1. The molecule has 1 aliphatic heterocycles. The Kier molecular flexibility index (Phi) is 3.44. The average Bonchev–Trinajstić information content (AvgIpc) is 2.75. The summed E-state index contributed by atoms with van der Waals surface area (Å²) in [5, 5.41) is 18.4. The summed E-state index contributed by atoms with van der Waals surface area (Å²) in [7, 11) is 0. The van der Waals surface area contributed by atoms with E-state index in [1.807, 2.05) is 13.8 Å². The van der Waals surface area contributed by atoms with Crippen LogP contribution in [-0.4, -0.2) is 29.7 Å². The van der Waals surface area contributed by atoms with Crippen molar-refractivity contribution in [2.24, 2.45) is 17.8 Å². The second-order valence-electron chi connectivity index (χ2n) is 5.55. The monoisotopic (exact) mass is 239 g/mol. The summed E-state index contributed by atoms with van der Waals surface area (Å²) in [6.45, 7) is 5.87. The molecule has 0 aromatic heterocycles. The van der Waals surface area contributed by atoms with Gasteiger partial charge in [0.05, 0.1) is 30.8 Å². The van der Waals surface area contributed by atoms with Gasteiger partial charge in [-0.05, 0) is 26.2 Å². The Labute approximate surface area is 103 Å². The minimum atomic E-state index is -0.559. The SMILES string of the molecule is CC[C@H]1CC(C(C#N)CO)[C@@H]2OC(C)(C)O[C@H]12. The van der Waals surface area contributed by atoms with Crippen LogP contribution in [0.15, 0.2) is 0 Å². The standard InChI is InChI=1S/C13H21NO3/c1-4-8-5-10(9(6-14)7-15)12-11(8)16-13(2,3)17-12/h8-12,15H,4-5,7H2,1-3H3/t8-,9?,10?,11+,12-/m0/s1. The third-order valence-corrected chi connectivity index (χ3v) is 4.03. The third-order valence-electron chi connectivity index (χ3n) is 4.03. The molecule has 0 radical (unpaired) electrons. The molecule has 0 aromatic rings. The van der Waals surface area contributed by atoms with Crippen molar-refractivity contribution in [1.82, 2.24) is 0 Å². The molecular weight excluding hydrogens is 218 g/mol. The first kappa shape index (κ1) is 12.8. The molecule has 4 nitrogen and oxygen atoms in total. The lowest BCUT2D eigenvalue weighted by Gasteiger charge is -2.24. The molecule has 2 fully saturated rings. The fourth-order valence-electron chi connectivity index (χ4n) is 3.19. The Morgan fingerprint density at radius 3 is 2.59 bits per heavy atom. The van der Waals surface area contributed by atoms with Crippen molar-refractivity contribution in [3.63, 3.8) is 0 Å². The van der Waals surface area contributed by atoms with Gasteiger partial charge >= 0.3 is 0 Å². The van der Waals surface area contributed by atoms with E-state index >= 15 is 0 Å². The largest absolute Gasteiger partial charge is 0.395 e. The summed E-state index contributed by atoms with van der Waals surface area (Å²) >= 11 is 0. The smallest absolute Gasteiger partial charge is 0.163 e. The van der Waals surface area contributed by atoms with Crippen molar-refractivity contribution < 1.29 is 14.6 Å². The van der Waals surface area contributed by atoms with Gasteiger partial charge in [-0.15, -0.1) is 0 Å². The van der Waals surface area contributed by atoms with Crippen molar-refractivity contribution in [3.8, 4) is 6.07 Å². The van der Waals surface area contributed by atoms with Gasteiger partial charge in [0, 0.05) is 5.92 Å². The van der Waals surface area contributed by atoms with E-state index in [2.05, 4.69) is 13.0 Å². The molecule has 1 aliphatic carbocycles. The van der Waals surface area contributed by atoms with Gasteiger partial charge in [0.2, 0.25) is 0 Å². The molecule has 1 saturated heterocycles. The summed E-state index contributed by atoms with van der Waals surface area (Å²) in [6.07, 6.45) is 2.00. The summed E-state index contributed by atoms with van der Waals surface area (Å²) < 4.78 is 11.8. The first-order valence-electron chi connectivity index (χ1n) is 6.38. The van der Waals surface area contributed by atoms with Crippen LogP contribution in [0.1, 0.15) is 33.6 Å². The average molecular weight is 239 g/mol. The number of nitriles is 1. The molecule has 96 valence electrons. The maximum absolute atomic E-state index is 9.28. The van der Waals surface area contributed by atoms with Crippen LogP contribution in [0, 0.1) is 29.1 Å². The van der Waals surface area contributed by atoms with Crippen molar-refractivity contribution in [1.29, 1.82) is 5.26 Å². The van der Waals surface area contributed by atoms with Crippen LogP contribution in [0.2, 0.25) is 0 Å². The highest BCUT2D eigenvalue weighted by Gasteiger charge is 2.54. The first-order chi connectivity index (χ1) is 8.02. The second kappa shape index (κ2) is 4.56. The van der Waals surface area contributed by atoms with E-state index in [0.717, 1.165) is 12.8 Å². The number of fused-ring (bicyclic) bond motifs is 1. The molecular formula is C13H21NO3. The van der Waals surface area contributed by atoms with Gasteiger partial charge < -0.3 is 14.6 Å². The minimum absolute atomic E-state index is 0.0354. The van der Waals surface area contributed by atoms with Crippen LogP contribution < -0.4 is 0 Å². The van der Waals surface area contributed by atoms with Gasteiger partial charge in [-0.2, -0.15) is 5.26 Å². The Bertz CT molecular complexity index is 323. The highest BCUT2D eigenvalue weighted by atomic mass is 16.8.